The molecule has 0 heterocycles. The van der Waals surface area contributed by atoms with Crippen molar-refractivity contribution in [2.75, 3.05) is 26.1 Å². The summed E-state index contributed by atoms with van der Waals surface area (Å²) in [5.74, 6) is 0. The normalized spacial score (nSPS) is 13.3. The zero-order valence-corrected chi connectivity index (χ0v) is 15.8. The number of benzene rings is 1. The van der Waals surface area contributed by atoms with Gasteiger partial charge in [0, 0.05) is 19.7 Å². The Balaban J connectivity index is 3.79. The van der Waals surface area contributed by atoms with E-state index in [1.165, 1.54) is 12.7 Å². The molecule has 0 aliphatic carbocycles. The highest BCUT2D eigenvalue weighted by molar-refractivity contribution is 7.49. The Labute approximate surface area is 130 Å². The Bertz CT molecular complexity index is 537. The molecule has 1 atom stereocenters. The van der Waals surface area contributed by atoms with Crippen LogP contribution in [0.2, 0.25) is 0 Å². The van der Waals surface area contributed by atoms with E-state index in [-0.39, 0.29) is 10.8 Å². The predicted octanol–water partition coefficient (Wildman–Crippen LogP) is 4.36. The summed E-state index contributed by atoms with van der Waals surface area (Å²) in [5.41, 5.74) is 3.28. The Morgan fingerprint density at radius 2 is 1.52 bits per heavy atom. The van der Waals surface area contributed by atoms with Gasteiger partial charge in [0.25, 0.3) is 5.30 Å². The van der Waals surface area contributed by atoms with Crippen molar-refractivity contribution in [1.29, 1.82) is 0 Å². The minimum Gasteiger partial charge on any atom is -0.374 e. The summed E-state index contributed by atoms with van der Waals surface area (Å²) in [7, 11) is 3.62. The highest BCUT2D eigenvalue weighted by atomic mass is 31.1. The summed E-state index contributed by atoms with van der Waals surface area (Å²) in [6.45, 7) is 13.0. The molecule has 1 aromatic rings. The predicted molar refractivity (Wildman–Crippen MR) is 92.4 cm³/mol. The summed E-state index contributed by atoms with van der Waals surface area (Å²) in [4.78, 5) is 2.02. The SMILES string of the molecule is CO[P+](=O)c1c(N(C)C)cc(C(C)(C)C)cc1C(C)(C)C. The lowest BCUT2D eigenvalue weighted by Crippen LogP contribution is -2.28. The molecule has 1 unspecified atom stereocenters. The van der Waals surface area contributed by atoms with E-state index in [0.717, 1.165) is 16.6 Å². The lowest BCUT2D eigenvalue weighted by molar-refractivity contribution is 0.422. The quantitative estimate of drug-likeness (QED) is 0.777. The van der Waals surface area contributed by atoms with Crippen LogP contribution < -0.4 is 10.2 Å². The number of nitrogens with zero attached hydrogens (tertiary/aromatic N) is 1. The van der Waals surface area contributed by atoms with Crippen LogP contribution in [0.4, 0.5) is 5.69 Å². The van der Waals surface area contributed by atoms with E-state index in [1.54, 1.807) is 0 Å². The van der Waals surface area contributed by atoms with Gasteiger partial charge in [-0.15, -0.1) is 4.52 Å². The molecule has 0 fully saturated rings. The van der Waals surface area contributed by atoms with Gasteiger partial charge in [-0.3, -0.25) is 0 Å². The largest absolute Gasteiger partial charge is 0.550 e. The topological polar surface area (TPSA) is 29.5 Å². The minimum atomic E-state index is -1.85. The fourth-order valence-corrected chi connectivity index (χ4v) is 3.48. The average molecular weight is 310 g/mol. The molecule has 0 saturated carbocycles. The molecule has 1 aromatic carbocycles. The molecule has 4 heteroatoms. The Morgan fingerprint density at radius 1 is 1.00 bits per heavy atom. The summed E-state index contributed by atoms with van der Waals surface area (Å²) < 4.78 is 17.6. The molecule has 118 valence electrons. The lowest BCUT2D eigenvalue weighted by atomic mass is 9.80. The van der Waals surface area contributed by atoms with Crippen LogP contribution >= 0.6 is 8.03 Å². The third kappa shape index (κ3) is 4.05. The van der Waals surface area contributed by atoms with Gasteiger partial charge < -0.3 is 4.90 Å². The molecule has 0 aliphatic rings. The average Bonchev–Trinajstić information content (AvgIpc) is 2.33. The molecule has 0 radical (unpaired) electrons. The molecule has 0 N–H and O–H groups in total. The fourth-order valence-electron chi connectivity index (χ4n) is 2.25. The van der Waals surface area contributed by atoms with Gasteiger partial charge in [0.1, 0.15) is 0 Å². The van der Waals surface area contributed by atoms with E-state index in [2.05, 4.69) is 53.7 Å². The van der Waals surface area contributed by atoms with Crippen molar-refractivity contribution >= 4 is 19.0 Å². The van der Waals surface area contributed by atoms with E-state index < -0.39 is 8.03 Å². The first kappa shape index (κ1) is 18.1. The van der Waals surface area contributed by atoms with Crippen LogP contribution in [0.25, 0.3) is 0 Å². The number of rotatable bonds is 3. The van der Waals surface area contributed by atoms with Gasteiger partial charge in [-0.2, -0.15) is 0 Å². The van der Waals surface area contributed by atoms with Gasteiger partial charge in [0.05, 0.1) is 12.8 Å². The van der Waals surface area contributed by atoms with Gasteiger partial charge in [0.2, 0.25) is 0 Å². The summed E-state index contributed by atoms with van der Waals surface area (Å²) in [6.07, 6.45) is 0. The molecule has 0 bridgehead atoms. The van der Waals surface area contributed by atoms with Crippen molar-refractivity contribution in [3.63, 3.8) is 0 Å². The maximum absolute atomic E-state index is 12.5. The van der Waals surface area contributed by atoms with Gasteiger partial charge in [-0.25, -0.2) is 0 Å². The Morgan fingerprint density at radius 3 is 1.86 bits per heavy atom. The van der Waals surface area contributed by atoms with Crippen LogP contribution in [-0.4, -0.2) is 21.2 Å². The number of anilines is 1. The third-order valence-electron chi connectivity index (χ3n) is 3.59. The van der Waals surface area contributed by atoms with Crippen LogP contribution in [-0.2, 0) is 19.9 Å². The highest BCUT2D eigenvalue weighted by Crippen LogP contribution is 2.37. The number of hydrogen-bond donors (Lipinski definition) is 0. The lowest BCUT2D eigenvalue weighted by Gasteiger charge is -2.27. The first-order chi connectivity index (χ1) is 9.39. The molecule has 0 amide bonds. The highest BCUT2D eigenvalue weighted by Gasteiger charge is 2.36. The Kier molecular flexibility index (Phi) is 5.23. The van der Waals surface area contributed by atoms with Crippen molar-refractivity contribution in [1.82, 2.24) is 0 Å². The zero-order chi connectivity index (χ0) is 16.6. The van der Waals surface area contributed by atoms with E-state index in [0.29, 0.717) is 0 Å². The van der Waals surface area contributed by atoms with Gasteiger partial charge in [-0.05, 0) is 33.1 Å². The number of hydrogen-bond acceptors (Lipinski definition) is 3. The molecule has 0 aromatic heterocycles. The van der Waals surface area contributed by atoms with Gasteiger partial charge in [0.15, 0.2) is 0 Å². The van der Waals surface area contributed by atoms with Crippen molar-refractivity contribution in [3.05, 3.63) is 23.3 Å². The monoisotopic (exact) mass is 310 g/mol. The molecular weight excluding hydrogens is 281 g/mol. The maximum atomic E-state index is 12.5. The van der Waals surface area contributed by atoms with E-state index in [4.69, 9.17) is 4.52 Å². The first-order valence-electron chi connectivity index (χ1n) is 7.27. The zero-order valence-electron chi connectivity index (χ0n) is 14.9. The van der Waals surface area contributed by atoms with Crippen LogP contribution in [0.3, 0.4) is 0 Å². The van der Waals surface area contributed by atoms with Crippen LogP contribution in [0.5, 0.6) is 0 Å². The summed E-state index contributed by atoms with van der Waals surface area (Å²) >= 11 is 0. The molecule has 21 heavy (non-hydrogen) atoms. The van der Waals surface area contributed by atoms with Crippen molar-refractivity contribution in [2.45, 2.75) is 52.4 Å². The maximum Gasteiger partial charge on any atom is 0.550 e. The molecule has 0 spiro atoms. The van der Waals surface area contributed by atoms with Crippen LogP contribution in [0, 0.1) is 0 Å². The van der Waals surface area contributed by atoms with E-state index in [9.17, 15) is 4.57 Å². The molecule has 0 aliphatic heterocycles. The second-order valence-electron chi connectivity index (χ2n) is 7.73. The van der Waals surface area contributed by atoms with Crippen LogP contribution in [0.15, 0.2) is 12.1 Å². The fraction of sp³-hybridized carbons (Fsp3) is 0.647. The Hall–Kier alpha value is -0.920. The third-order valence-corrected chi connectivity index (χ3v) is 4.76. The van der Waals surface area contributed by atoms with Crippen LogP contribution in [0.1, 0.15) is 52.7 Å². The van der Waals surface area contributed by atoms with Gasteiger partial charge in [-0.1, -0.05) is 41.5 Å². The second-order valence-corrected chi connectivity index (χ2v) is 9.05. The van der Waals surface area contributed by atoms with Gasteiger partial charge >= 0.3 is 8.03 Å². The van der Waals surface area contributed by atoms with E-state index in [1.807, 2.05) is 19.0 Å². The molecule has 3 nitrogen and oxygen atoms in total. The first-order valence-corrected chi connectivity index (χ1v) is 8.45. The molecular formula is C17H29NO2P+. The molecule has 0 saturated heterocycles. The molecule has 1 rings (SSSR count). The smallest absolute Gasteiger partial charge is 0.374 e. The summed E-state index contributed by atoms with van der Waals surface area (Å²) in [6, 6.07) is 4.32. The van der Waals surface area contributed by atoms with Crippen molar-refractivity contribution < 1.29 is 9.09 Å². The minimum absolute atomic E-state index is 0.0437. The second kappa shape index (κ2) is 6.06. The van der Waals surface area contributed by atoms with E-state index >= 15 is 0 Å². The van der Waals surface area contributed by atoms with Crippen molar-refractivity contribution in [3.8, 4) is 0 Å². The standard InChI is InChI=1S/C17H29NO2P/c1-16(2,3)12-10-13(17(4,5)6)15(21(19)20-9)14(11-12)18(7)8/h10-11H,1-9H3/q+1. The summed E-state index contributed by atoms with van der Waals surface area (Å²) in [5, 5.41) is 0.818. The van der Waals surface area contributed by atoms with Crippen molar-refractivity contribution in [2.24, 2.45) is 0 Å².